The van der Waals surface area contributed by atoms with E-state index in [4.69, 9.17) is 4.52 Å². The molecule has 23 heavy (non-hydrogen) atoms. The lowest BCUT2D eigenvalue weighted by molar-refractivity contribution is 0.431. The topological polar surface area (TPSA) is 79.6 Å². The van der Waals surface area contributed by atoms with Gasteiger partial charge < -0.3 is 9.84 Å². The van der Waals surface area contributed by atoms with Crippen LogP contribution in [0.1, 0.15) is 18.0 Å². The van der Waals surface area contributed by atoms with Gasteiger partial charge >= 0.3 is 0 Å². The fraction of sp³-hybridized carbons (Fsp3) is 0.267. The maximum Gasteiger partial charge on any atom is 0.278 e. The van der Waals surface area contributed by atoms with E-state index in [0.29, 0.717) is 17.2 Å². The summed E-state index contributed by atoms with van der Waals surface area (Å²) >= 11 is 0. The van der Waals surface area contributed by atoms with Gasteiger partial charge in [0.05, 0.1) is 0 Å². The molecule has 2 N–H and O–H groups in total. The van der Waals surface area contributed by atoms with E-state index in [2.05, 4.69) is 25.7 Å². The molecule has 3 aromatic rings. The third-order valence-corrected chi connectivity index (χ3v) is 3.92. The average molecular weight is 317 g/mol. The van der Waals surface area contributed by atoms with Crippen molar-refractivity contribution in [3.63, 3.8) is 0 Å². The highest BCUT2D eigenvalue weighted by atomic mass is 19.2. The van der Waals surface area contributed by atoms with E-state index in [0.717, 1.165) is 37.3 Å². The highest BCUT2D eigenvalue weighted by Crippen LogP contribution is 2.26. The zero-order chi connectivity index (χ0) is 15.8. The molecule has 1 aliphatic rings. The van der Waals surface area contributed by atoms with Gasteiger partial charge in [-0.3, -0.25) is 5.10 Å². The molecule has 1 fully saturated rings. The summed E-state index contributed by atoms with van der Waals surface area (Å²) in [5.74, 6) is -1.06. The van der Waals surface area contributed by atoms with E-state index in [1.165, 1.54) is 6.07 Å². The molecule has 0 bridgehead atoms. The van der Waals surface area contributed by atoms with Gasteiger partial charge in [-0.1, -0.05) is 5.16 Å². The average Bonchev–Trinajstić information content (AvgIpc) is 3.30. The predicted molar refractivity (Wildman–Crippen MR) is 77.5 cm³/mol. The maximum absolute atomic E-state index is 13.3. The van der Waals surface area contributed by atoms with Gasteiger partial charge in [0.1, 0.15) is 0 Å². The van der Waals surface area contributed by atoms with Crippen molar-refractivity contribution >= 4 is 0 Å². The van der Waals surface area contributed by atoms with Crippen molar-refractivity contribution in [3.8, 4) is 23.0 Å². The fourth-order valence-electron chi connectivity index (χ4n) is 2.66. The number of nitrogens with zero attached hydrogens (tertiary/aromatic N) is 3. The van der Waals surface area contributed by atoms with Crippen LogP contribution in [0.4, 0.5) is 8.78 Å². The van der Waals surface area contributed by atoms with Crippen molar-refractivity contribution < 1.29 is 13.3 Å². The molecule has 0 saturated carbocycles. The van der Waals surface area contributed by atoms with Crippen LogP contribution in [0.15, 0.2) is 28.8 Å². The molecular formula is C15H13F2N5O. The first kappa shape index (κ1) is 14.0. The number of H-pyrrole nitrogens is 1. The highest BCUT2D eigenvalue weighted by molar-refractivity contribution is 5.58. The van der Waals surface area contributed by atoms with Crippen molar-refractivity contribution in [1.29, 1.82) is 0 Å². The quantitative estimate of drug-likeness (QED) is 0.776. The Bertz CT molecular complexity index is 838. The lowest BCUT2D eigenvalue weighted by Crippen LogP contribution is -2.08. The zero-order valence-electron chi connectivity index (χ0n) is 12.0. The van der Waals surface area contributed by atoms with Gasteiger partial charge in [-0.2, -0.15) is 10.1 Å². The molecule has 0 spiro atoms. The van der Waals surface area contributed by atoms with Crippen molar-refractivity contribution in [1.82, 2.24) is 25.7 Å². The summed E-state index contributed by atoms with van der Waals surface area (Å²) in [5, 5.41) is 14.3. The Labute approximate surface area is 129 Å². The fourth-order valence-corrected chi connectivity index (χ4v) is 2.66. The molecule has 1 unspecified atom stereocenters. The Morgan fingerprint density at radius 1 is 1.17 bits per heavy atom. The molecule has 3 heterocycles. The molecule has 6 nitrogen and oxygen atoms in total. The molecule has 1 atom stereocenters. The lowest BCUT2D eigenvalue weighted by atomic mass is 10.1. The van der Waals surface area contributed by atoms with Gasteiger partial charge in [0.2, 0.25) is 5.82 Å². The van der Waals surface area contributed by atoms with Gasteiger partial charge in [-0.15, -0.1) is 0 Å². The molecule has 1 aliphatic heterocycles. The lowest BCUT2D eigenvalue weighted by Gasteiger charge is -2.02. The smallest absolute Gasteiger partial charge is 0.278 e. The van der Waals surface area contributed by atoms with Crippen LogP contribution in [0, 0.1) is 11.6 Å². The zero-order valence-corrected chi connectivity index (χ0v) is 12.0. The minimum atomic E-state index is -0.954. The summed E-state index contributed by atoms with van der Waals surface area (Å²) in [6.07, 6.45) is 1.05. The normalized spacial score (nSPS) is 17.7. The SMILES string of the molecule is Fc1ccc(-c2noc(-c3cc(C4CCNC4)[nH]n3)n2)cc1F. The second kappa shape index (κ2) is 5.54. The monoisotopic (exact) mass is 317 g/mol. The first-order chi connectivity index (χ1) is 11.2. The third-order valence-electron chi connectivity index (χ3n) is 3.92. The van der Waals surface area contributed by atoms with Crippen LogP contribution in [-0.4, -0.2) is 33.4 Å². The number of aromatic amines is 1. The van der Waals surface area contributed by atoms with Crippen molar-refractivity contribution in [3.05, 3.63) is 41.6 Å². The summed E-state index contributed by atoms with van der Waals surface area (Å²) in [7, 11) is 0. The highest BCUT2D eigenvalue weighted by Gasteiger charge is 2.21. The van der Waals surface area contributed by atoms with Crippen molar-refractivity contribution in [2.45, 2.75) is 12.3 Å². The van der Waals surface area contributed by atoms with E-state index in [1.54, 1.807) is 0 Å². The second-order valence-corrected chi connectivity index (χ2v) is 5.45. The molecule has 0 aliphatic carbocycles. The molecule has 2 aromatic heterocycles. The Kier molecular flexibility index (Phi) is 3.38. The van der Waals surface area contributed by atoms with Gasteiger partial charge in [0.25, 0.3) is 5.89 Å². The van der Waals surface area contributed by atoms with Gasteiger partial charge in [0, 0.05) is 23.7 Å². The standard InChI is InChI=1S/C15H13F2N5O/c16-10-2-1-8(5-11(10)17)14-19-15(23-22-14)13-6-12(20-21-13)9-3-4-18-7-9/h1-2,5-6,9,18H,3-4,7H2,(H,20,21). The number of hydrogen-bond acceptors (Lipinski definition) is 5. The number of hydrogen-bond donors (Lipinski definition) is 2. The molecule has 1 aromatic carbocycles. The molecule has 0 radical (unpaired) electrons. The van der Waals surface area contributed by atoms with Crippen molar-refractivity contribution in [2.24, 2.45) is 0 Å². The number of benzene rings is 1. The Morgan fingerprint density at radius 2 is 2.09 bits per heavy atom. The van der Waals surface area contributed by atoms with Crippen molar-refractivity contribution in [2.75, 3.05) is 13.1 Å². The van der Waals surface area contributed by atoms with Crippen LogP contribution in [0.25, 0.3) is 23.0 Å². The number of rotatable bonds is 3. The van der Waals surface area contributed by atoms with Crippen LogP contribution in [0.5, 0.6) is 0 Å². The molecule has 118 valence electrons. The van der Waals surface area contributed by atoms with Gasteiger partial charge in [-0.25, -0.2) is 8.78 Å². The van der Waals surface area contributed by atoms with Crippen LogP contribution in [-0.2, 0) is 0 Å². The summed E-state index contributed by atoms with van der Waals surface area (Å²) in [6, 6.07) is 5.33. The minimum Gasteiger partial charge on any atom is -0.332 e. The summed E-state index contributed by atoms with van der Waals surface area (Å²) in [6.45, 7) is 1.89. The minimum absolute atomic E-state index is 0.186. The number of nitrogens with one attached hydrogen (secondary N) is 2. The second-order valence-electron chi connectivity index (χ2n) is 5.45. The molecule has 0 amide bonds. The molecule has 1 saturated heterocycles. The molecular weight excluding hydrogens is 304 g/mol. The molecule has 8 heteroatoms. The number of aromatic nitrogens is 4. The first-order valence-corrected chi connectivity index (χ1v) is 7.26. The Balaban J connectivity index is 1.61. The van der Waals surface area contributed by atoms with E-state index >= 15 is 0 Å². The third kappa shape index (κ3) is 2.61. The Hall–Kier alpha value is -2.61. The van der Waals surface area contributed by atoms with E-state index in [-0.39, 0.29) is 11.7 Å². The van der Waals surface area contributed by atoms with Gasteiger partial charge in [0.15, 0.2) is 17.3 Å². The Morgan fingerprint density at radius 3 is 2.87 bits per heavy atom. The predicted octanol–water partition coefficient (Wildman–Crippen LogP) is 2.48. The summed E-state index contributed by atoms with van der Waals surface area (Å²) in [5.41, 5.74) is 1.89. The van der Waals surface area contributed by atoms with Crippen LogP contribution < -0.4 is 5.32 Å². The van der Waals surface area contributed by atoms with Gasteiger partial charge in [-0.05, 0) is 37.2 Å². The number of halogens is 2. The first-order valence-electron chi connectivity index (χ1n) is 7.26. The summed E-state index contributed by atoms with van der Waals surface area (Å²) in [4.78, 5) is 4.20. The van der Waals surface area contributed by atoms with Crippen LogP contribution in [0.3, 0.4) is 0 Å². The summed E-state index contributed by atoms with van der Waals surface area (Å²) < 4.78 is 31.4. The van der Waals surface area contributed by atoms with Crippen LogP contribution >= 0.6 is 0 Å². The van der Waals surface area contributed by atoms with E-state index in [1.807, 2.05) is 6.07 Å². The maximum atomic E-state index is 13.3. The molecule has 4 rings (SSSR count). The largest absolute Gasteiger partial charge is 0.332 e. The van der Waals surface area contributed by atoms with Crippen LogP contribution in [0.2, 0.25) is 0 Å². The van der Waals surface area contributed by atoms with E-state index < -0.39 is 11.6 Å². The van der Waals surface area contributed by atoms with E-state index in [9.17, 15) is 8.78 Å².